The van der Waals surface area contributed by atoms with E-state index in [9.17, 15) is 9.90 Å². The molecule has 5 heteroatoms. The predicted octanol–water partition coefficient (Wildman–Crippen LogP) is 2.73. The molecule has 0 aliphatic carbocycles. The Balaban J connectivity index is 2.46. The number of aromatic hydroxyl groups is 1. The maximum atomic E-state index is 11.8. The minimum atomic E-state index is -0.101. The number of rotatable bonds is 7. The van der Waals surface area contributed by atoms with E-state index in [1.807, 2.05) is 6.07 Å². The molecule has 0 radical (unpaired) electrons. The van der Waals surface area contributed by atoms with E-state index in [4.69, 9.17) is 4.74 Å². The fourth-order valence-corrected chi connectivity index (χ4v) is 1.88. The van der Waals surface area contributed by atoms with Crippen molar-refractivity contribution in [1.29, 1.82) is 0 Å². The van der Waals surface area contributed by atoms with Crippen LogP contribution in [-0.4, -0.2) is 36.7 Å². The van der Waals surface area contributed by atoms with Gasteiger partial charge in [-0.1, -0.05) is 25.8 Å². The average molecular weight is 280 g/mol. The van der Waals surface area contributed by atoms with Gasteiger partial charge >= 0.3 is 6.03 Å². The Kier molecular flexibility index (Phi) is 6.70. The van der Waals surface area contributed by atoms with Crippen LogP contribution >= 0.6 is 0 Å². The van der Waals surface area contributed by atoms with Gasteiger partial charge in [-0.25, -0.2) is 4.79 Å². The normalized spacial score (nSPS) is 10.2. The van der Waals surface area contributed by atoms with E-state index in [0.717, 1.165) is 24.8 Å². The first kappa shape index (κ1) is 16.1. The Morgan fingerprint density at radius 1 is 1.40 bits per heavy atom. The zero-order chi connectivity index (χ0) is 15.0. The molecule has 0 saturated heterocycles. The second kappa shape index (κ2) is 8.30. The smallest absolute Gasteiger partial charge is 0.317 e. The van der Waals surface area contributed by atoms with Gasteiger partial charge in [0.25, 0.3) is 0 Å². The van der Waals surface area contributed by atoms with Gasteiger partial charge in [-0.05, 0) is 24.1 Å². The van der Waals surface area contributed by atoms with Crippen LogP contribution in [0.4, 0.5) is 4.79 Å². The lowest BCUT2D eigenvalue weighted by Gasteiger charge is -2.18. The van der Waals surface area contributed by atoms with E-state index in [2.05, 4.69) is 12.2 Å². The number of methoxy groups -OCH3 is 1. The third-order valence-corrected chi connectivity index (χ3v) is 3.07. The molecule has 0 spiro atoms. The summed E-state index contributed by atoms with van der Waals surface area (Å²) >= 11 is 0. The van der Waals surface area contributed by atoms with E-state index < -0.39 is 0 Å². The van der Waals surface area contributed by atoms with Crippen LogP contribution < -0.4 is 10.1 Å². The Labute approximate surface area is 120 Å². The van der Waals surface area contributed by atoms with Crippen molar-refractivity contribution in [2.45, 2.75) is 32.7 Å². The fraction of sp³-hybridized carbons (Fsp3) is 0.533. The van der Waals surface area contributed by atoms with Crippen LogP contribution in [0.25, 0.3) is 0 Å². The van der Waals surface area contributed by atoms with E-state index in [-0.39, 0.29) is 11.8 Å². The number of nitrogens with one attached hydrogen (secondary N) is 1. The molecule has 0 aliphatic heterocycles. The number of phenolic OH excluding ortho intramolecular Hbond substituents is 1. The van der Waals surface area contributed by atoms with Crippen molar-refractivity contribution in [3.63, 3.8) is 0 Å². The summed E-state index contributed by atoms with van der Waals surface area (Å²) in [6, 6.07) is 5.04. The van der Waals surface area contributed by atoms with Crippen molar-refractivity contribution in [2.24, 2.45) is 0 Å². The number of carbonyl (C=O) groups excluding carboxylic acids is 1. The topological polar surface area (TPSA) is 61.8 Å². The van der Waals surface area contributed by atoms with Crippen molar-refractivity contribution in [2.75, 3.05) is 20.7 Å². The van der Waals surface area contributed by atoms with E-state index in [1.54, 1.807) is 24.1 Å². The van der Waals surface area contributed by atoms with Crippen LogP contribution in [0.1, 0.15) is 31.7 Å². The van der Waals surface area contributed by atoms with Gasteiger partial charge < -0.3 is 20.1 Å². The summed E-state index contributed by atoms with van der Waals surface area (Å²) in [5.74, 6) is 0.516. The van der Waals surface area contributed by atoms with Crippen molar-refractivity contribution in [3.05, 3.63) is 23.8 Å². The molecule has 0 heterocycles. The quantitative estimate of drug-likeness (QED) is 0.755. The standard InChI is InChI=1S/C15H24N2O3/c1-4-5-6-9-16-15(19)17(2)11-12-7-8-14(20-3)13(18)10-12/h7-8,10,18H,4-6,9,11H2,1-3H3,(H,16,19). The largest absolute Gasteiger partial charge is 0.504 e. The van der Waals surface area contributed by atoms with E-state index >= 15 is 0 Å². The molecule has 20 heavy (non-hydrogen) atoms. The fourth-order valence-electron chi connectivity index (χ4n) is 1.88. The molecule has 0 bridgehead atoms. The first-order chi connectivity index (χ1) is 9.58. The summed E-state index contributed by atoms with van der Waals surface area (Å²) in [6.45, 7) is 3.27. The number of hydrogen-bond acceptors (Lipinski definition) is 3. The van der Waals surface area contributed by atoms with Crippen LogP contribution in [0, 0.1) is 0 Å². The van der Waals surface area contributed by atoms with Gasteiger partial charge in [0, 0.05) is 20.1 Å². The second-order valence-electron chi connectivity index (χ2n) is 4.80. The number of amides is 2. The SMILES string of the molecule is CCCCCNC(=O)N(C)Cc1ccc(OC)c(O)c1. The molecule has 0 atom stereocenters. The number of benzene rings is 1. The third kappa shape index (κ3) is 4.99. The third-order valence-electron chi connectivity index (χ3n) is 3.07. The van der Waals surface area contributed by atoms with Crippen LogP contribution in [-0.2, 0) is 6.54 Å². The molecule has 0 fully saturated rings. The second-order valence-corrected chi connectivity index (χ2v) is 4.80. The summed E-state index contributed by atoms with van der Waals surface area (Å²) in [5, 5.41) is 12.6. The Morgan fingerprint density at radius 2 is 2.15 bits per heavy atom. The minimum Gasteiger partial charge on any atom is -0.504 e. The molecule has 112 valence electrons. The van der Waals surface area contributed by atoms with Crippen molar-refractivity contribution >= 4 is 6.03 Å². The maximum Gasteiger partial charge on any atom is 0.317 e. The van der Waals surface area contributed by atoms with Gasteiger partial charge in [0.15, 0.2) is 11.5 Å². The first-order valence-electron chi connectivity index (χ1n) is 6.93. The number of urea groups is 1. The summed E-state index contributed by atoms with van der Waals surface area (Å²) < 4.78 is 4.99. The first-order valence-corrected chi connectivity index (χ1v) is 6.93. The van der Waals surface area contributed by atoms with Gasteiger partial charge in [-0.15, -0.1) is 0 Å². The molecule has 1 aromatic rings. The number of hydrogen-bond donors (Lipinski definition) is 2. The van der Waals surface area contributed by atoms with Crippen molar-refractivity contribution in [3.8, 4) is 11.5 Å². The number of phenols is 1. The molecule has 2 N–H and O–H groups in total. The number of unbranched alkanes of at least 4 members (excludes halogenated alkanes) is 2. The molecule has 0 aliphatic rings. The van der Waals surface area contributed by atoms with Crippen LogP contribution in [0.3, 0.4) is 0 Å². The van der Waals surface area contributed by atoms with E-state index in [0.29, 0.717) is 18.8 Å². The molecule has 0 saturated carbocycles. The molecule has 5 nitrogen and oxygen atoms in total. The molecule has 2 amide bonds. The average Bonchev–Trinajstić information content (AvgIpc) is 2.43. The Hall–Kier alpha value is -1.91. The zero-order valence-electron chi connectivity index (χ0n) is 12.5. The number of ether oxygens (including phenoxy) is 1. The van der Waals surface area contributed by atoms with Crippen molar-refractivity contribution < 1.29 is 14.6 Å². The highest BCUT2D eigenvalue weighted by Crippen LogP contribution is 2.26. The lowest BCUT2D eigenvalue weighted by Crippen LogP contribution is -2.37. The van der Waals surface area contributed by atoms with Gasteiger partial charge in [0.2, 0.25) is 0 Å². The Bertz CT molecular complexity index is 435. The lowest BCUT2D eigenvalue weighted by atomic mass is 10.2. The molecule has 0 unspecified atom stereocenters. The summed E-state index contributed by atoms with van der Waals surface area (Å²) in [7, 11) is 3.24. The van der Waals surface area contributed by atoms with E-state index in [1.165, 1.54) is 7.11 Å². The van der Waals surface area contributed by atoms with Crippen molar-refractivity contribution in [1.82, 2.24) is 10.2 Å². The minimum absolute atomic E-state index is 0.0850. The van der Waals surface area contributed by atoms with Crippen LogP contribution in [0.5, 0.6) is 11.5 Å². The zero-order valence-corrected chi connectivity index (χ0v) is 12.5. The summed E-state index contributed by atoms with van der Waals surface area (Å²) in [4.78, 5) is 13.4. The molecule has 1 rings (SSSR count). The Morgan fingerprint density at radius 3 is 2.75 bits per heavy atom. The van der Waals surface area contributed by atoms with Crippen LogP contribution in [0.2, 0.25) is 0 Å². The monoisotopic (exact) mass is 280 g/mol. The van der Waals surface area contributed by atoms with Crippen LogP contribution in [0.15, 0.2) is 18.2 Å². The highest BCUT2D eigenvalue weighted by atomic mass is 16.5. The molecule has 1 aromatic carbocycles. The maximum absolute atomic E-state index is 11.8. The highest BCUT2D eigenvalue weighted by Gasteiger charge is 2.10. The van der Waals surface area contributed by atoms with Gasteiger partial charge in [0.1, 0.15) is 0 Å². The molecular weight excluding hydrogens is 256 g/mol. The highest BCUT2D eigenvalue weighted by molar-refractivity contribution is 5.73. The molecule has 0 aromatic heterocycles. The lowest BCUT2D eigenvalue weighted by molar-refractivity contribution is 0.206. The number of nitrogens with zero attached hydrogens (tertiary/aromatic N) is 1. The number of carbonyl (C=O) groups is 1. The van der Waals surface area contributed by atoms with Gasteiger partial charge in [-0.3, -0.25) is 0 Å². The van der Waals surface area contributed by atoms with Gasteiger partial charge in [0.05, 0.1) is 7.11 Å². The predicted molar refractivity (Wildman–Crippen MR) is 79.0 cm³/mol. The summed E-state index contributed by atoms with van der Waals surface area (Å²) in [6.07, 6.45) is 3.26. The summed E-state index contributed by atoms with van der Waals surface area (Å²) in [5.41, 5.74) is 0.856. The van der Waals surface area contributed by atoms with Gasteiger partial charge in [-0.2, -0.15) is 0 Å². The molecular formula is C15H24N2O3.